The monoisotopic (exact) mass is 458 g/mol. The van der Waals surface area contributed by atoms with Crippen molar-refractivity contribution < 1.29 is 9.18 Å². The van der Waals surface area contributed by atoms with Gasteiger partial charge in [0.1, 0.15) is 5.65 Å². The number of halogens is 1. The second kappa shape index (κ2) is 9.99. The number of carbonyl (C=O) groups is 1. The Morgan fingerprint density at radius 2 is 2.06 bits per heavy atom. The van der Waals surface area contributed by atoms with Gasteiger partial charge < -0.3 is 15.2 Å². The van der Waals surface area contributed by atoms with E-state index in [1.165, 1.54) is 11.8 Å². The Hall–Kier alpha value is -3.81. The number of aryl methyl sites for hydroxylation is 1. The molecule has 2 N–H and O–H groups in total. The highest BCUT2D eigenvalue weighted by atomic mass is 19.1. The number of hydrogen-bond donors (Lipinski definition) is 2. The number of benzene rings is 1. The summed E-state index contributed by atoms with van der Waals surface area (Å²) < 4.78 is 14.5. The lowest BCUT2D eigenvalue weighted by atomic mass is 9.97. The van der Waals surface area contributed by atoms with Crippen molar-refractivity contribution in [1.29, 1.82) is 0 Å². The fourth-order valence-electron chi connectivity index (χ4n) is 4.52. The molecule has 5 rings (SSSR count). The zero-order valence-electron chi connectivity index (χ0n) is 18.9. The van der Waals surface area contributed by atoms with Crippen LogP contribution in [0.15, 0.2) is 61.1 Å². The zero-order valence-corrected chi connectivity index (χ0v) is 18.9. The van der Waals surface area contributed by atoms with Gasteiger partial charge >= 0.3 is 0 Å². The maximum absolute atomic E-state index is 14.5. The summed E-state index contributed by atoms with van der Waals surface area (Å²) in [5, 5.41) is 4.05. The first-order chi connectivity index (χ1) is 16.7. The van der Waals surface area contributed by atoms with Crippen LogP contribution in [0.25, 0.3) is 22.4 Å². The molecule has 0 saturated carbocycles. The molecule has 1 amide bonds. The molecule has 34 heavy (non-hydrogen) atoms. The van der Waals surface area contributed by atoms with Gasteiger partial charge in [0.2, 0.25) is 5.91 Å². The Morgan fingerprint density at radius 3 is 2.94 bits per heavy atom. The molecule has 174 valence electrons. The van der Waals surface area contributed by atoms with E-state index in [-0.39, 0.29) is 17.6 Å². The average Bonchev–Trinajstić information content (AvgIpc) is 3.32. The topological polar surface area (TPSA) is 86.8 Å². The van der Waals surface area contributed by atoms with Gasteiger partial charge in [0.25, 0.3) is 0 Å². The van der Waals surface area contributed by atoms with E-state index in [0.29, 0.717) is 25.3 Å². The molecule has 7 nitrogen and oxygen atoms in total. The Labute approximate surface area is 197 Å². The Kier molecular flexibility index (Phi) is 6.46. The number of fused-ring (bicyclic) bond motifs is 1. The van der Waals surface area contributed by atoms with E-state index in [4.69, 9.17) is 0 Å². The lowest BCUT2D eigenvalue weighted by Gasteiger charge is -2.33. The number of aromatic nitrogens is 4. The number of carbonyl (C=O) groups excluding carboxylic acids is 1. The van der Waals surface area contributed by atoms with Crippen LogP contribution in [0.1, 0.15) is 24.8 Å². The van der Waals surface area contributed by atoms with Gasteiger partial charge in [-0.25, -0.2) is 19.3 Å². The molecular weight excluding hydrogens is 431 g/mol. The second-order valence-electron chi connectivity index (χ2n) is 8.71. The zero-order chi connectivity index (χ0) is 23.3. The molecule has 0 radical (unpaired) electrons. The summed E-state index contributed by atoms with van der Waals surface area (Å²) in [4.78, 5) is 30.7. The van der Waals surface area contributed by atoms with E-state index in [2.05, 4.69) is 25.3 Å². The van der Waals surface area contributed by atoms with E-state index in [9.17, 15) is 9.18 Å². The lowest BCUT2D eigenvalue weighted by Crippen LogP contribution is -2.42. The number of anilines is 1. The van der Waals surface area contributed by atoms with Gasteiger partial charge in [-0.05, 0) is 42.9 Å². The fraction of sp³-hybridized carbons (Fsp3) is 0.308. The van der Waals surface area contributed by atoms with Gasteiger partial charge in [-0.15, -0.1) is 0 Å². The first-order valence-corrected chi connectivity index (χ1v) is 11.7. The fourth-order valence-corrected chi connectivity index (χ4v) is 4.52. The summed E-state index contributed by atoms with van der Waals surface area (Å²) in [5.41, 5.74) is 2.69. The molecule has 3 aromatic heterocycles. The molecule has 1 aliphatic heterocycles. The first kappa shape index (κ1) is 22.0. The molecule has 4 heterocycles. The number of pyridine rings is 1. The van der Waals surface area contributed by atoms with Gasteiger partial charge in [0, 0.05) is 49.4 Å². The number of H-pyrrole nitrogens is 1. The van der Waals surface area contributed by atoms with E-state index in [1.54, 1.807) is 12.4 Å². The number of piperidine rings is 1. The summed E-state index contributed by atoms with van der Waals surface area (Å²) in [5.74, 6) is 0.537. The minimum absolute atomic E-state index is 0.177. The van der Waals surface area contributed by atoms with E-state index in [0.717, 1.165) is 42.4 Å². The number of nitrogens with one attached hydrogen (secondary N) is 2. The summed E-state index contributed by atoms with van der Waals surface area (Å²) in [6.07, 6.45) is 7.88. The Balaban J connectivity index is 1.21. The third-order valence-electron chi connectivity index (χ3n) is 6.34. The van der Waals surface area contributed by atoms with Gasteiger partial charge in [-0.2, -0.15) is 0 Å². The van der Waals surface area contributed by atoms with Crippen molar-refractivity contribution in [3.63, 3.8) is 0 Å². The SMILES string of the molecule is O=C(CCc1ccccc1)N1CCC[C@H](CNc2nc(-c3c[nH]c4ncccc34)ncc2F)C1. The molecule has 0 bridgehead atoms. The molecule has 0 spiro atoms. The Bertz CT molecular complexity index is 1270. The third kappa shape index (κ3) is 4.90. The molecular formula is C26H27FN6O. The normalized spacial score (nSPS) is 16.0. The minimum Gasteiger partial charge on any atom is -0.367 e. The van der Waals surface area contributed by atoms with Gasteiger partial charge in [-0.1, -0.05) is 30.3 Å². The first-order valence-electron chi connectivity index (χ1n) is 11.7. The molecule has 8 heteroatoms. The molecule has 1 aliphatic rings. The van der Waals surface area contributed by atoms with Crippen LogP contribution in [0.5, 0.6) is 0 Å². The van der Waals surface area contributed by atoms with Gasteiger partial charge in [-0.3, -0.25) is 4.79 Å². The number of aromatic amines is 1. The number of rotatable bonds is 7. The van der Waals surface area contributed by atoms with Crippen LogP contribution in [-0.4, -0.2) is 50.4 Å². The van der Waals surface area contributed by atoms with Crippen molar-refractivity contribution in [2.24, 2.45) is 5.92 Å². The number of nitrogens with zero attached hydrogens (tertiary/aromatic N) is 4. The highest BCUT2D eigenvalue weighted by molar-refractivity contribution is 5.91. The summed E-state index contributed by atoms with van der Waals surface area (Å²) >= 11 is 0. The van der Waals surface area contributed by atoms with Crippen LogP contribution in [-0.2, 0) is 11.2 Å². The standard InChI is InChI=1S/C26H27FN6O/c27-22-16-31-25(21-15-30-24-20(21)9-4-12-28-24)32-26(22)29-14-19-8-5-13-33(17-19)23(34)11-10-18-6-2-1-3-7-18/h1-4,6-7,9,12,15-16,19H,5,8,10-11,13-14,17H2,(H,28,30)(H,29,31,32)/t19-/m1/s1. The van der Waals surface area contributed by atoms with Crippen LogP contribution < -0.4 is 5.32 Å². The number of amides is 1. The summed E-state index contributed by atoms with van der Waals surface area (Å²) in [6.45, 7) is 2.00. The highest BCUT2D eigenvalue weighted by Gasteiger charge is 2.24. The maximum Gasteiger partial charge on any atom is 0.222 e. The van der Waals surface area contributed by atoms with Crippen LogP contribution >= 0.6 is 0 Å². The predicted octanol–water partition coefficient (Wildman–Crippen LogP) is 4.44. The largest absolute Gasteiger partial charge is 0.367 e. The molecule has 0 unspecified atom stereocenters. The van der Waals surface area contributed by atoms with Crippen LogP contribution in [0.4, 0.5) is 10.2 Å². The van der Waals surface area contributed by atoms with E-state index < -0.39 is 5.82 Å². The number of likely N-dealkylation sites (tertiary alicyclic amines) is 1. The molecule has 4 aromatic rings. The Morgan fingerprint density at radius 1 is 1.18 bits per heavy atom. The van der Waals surface area contributed by atoms with Crippen LogP contribution in [0, 0.1) is 11.7 Å². The molecule has 1 fully saturated rings. The average molecular weight is 459 g/mol. The van der Waals surface area contributed by atoms with Gasteiger partial charge in [0.05, 0.1) is 6.20 Å². The minimum atomic E-state index is -0.492. The van der Waals surface area contributed by atoms with Crippen LogP contribution in [0.3, 0.4) is 0 Å². The van der Waals surface area contributed by atoms with Crippen molar-refractivity contribution in [2.45, 2.75) is 25.7 Å². The summed E-state index contributed by atoms with van der Waals surface area (Å²) in [6, 6.07) is 13.8. The van der Waals surface area contributed by atoms with E-state index in [1.807, 2.05) is 47.4 Å². The van der Waals surface area contributed by atoms with Crippen molar-refractivity contribution in [3.05, 3.63) is 72.4 Å². The lowest BCUT2D eigenvalue weighted by molar-refractivity contribution is -0.132. The van der Waals surface area contributed by atoms with Gasteiger partial charge in [0.15, 0.2) is 17.5 Å². The van der Waals surface area contributed by atoms with E-state index >= 15 is 0 Å². The van der Waals surface area contributed by atoms with Crippen molar-refractivity contribution in [1.82, 2.24) is 24.8 Å². The van der Waals surface area contributed by atoms with Crippen molar-refractivity contribution in [2.75, 3.05) is 25.0 Å². The summed E-state index contributed by atoms with van der Waals surface area (Å²) in [7, 11) is 0. The second-order valence-corrected chi connectivity index (χ2v) is 8.71. The van der Waals surface area contributed by atoms with Crippen molar-refractivity contribution in [3.8, 4) is 11.4 Å². The predicted molar refractivity (Wildman–Crippen MR) is 130 cm³/mol. The molecule has 1 atom stereocenters. The quantitative estimate of drug-likeness (QED) is 0.428. The smallest absolute Gasteiger partial charge is 0.222 e. The number of hydrogen-bond acceptors (Lipinski definition) is 5. The highest BCUT2D eigenvalue weighted by Crippen LogP contribution is 2.26. The molecule has 1 aromatic carbocycles. The van der Waals surface area contributed by atoms with Crippen LogP contribution in [0.2, 0.25) is 0 Å². The maximum atomic E-state index is 14.5. The third-order valence-corrected chi connectivity index (χ3v) is 6.34. The molecule has 1 saturated heterocycles. The molecule has 0 aliphatic carbocycles. The van der Waals surface area contributed by atoms with Crippen molar-refractivity contribution >= 4 is 22.8 Å².